The number of Topliss-reactive ketones (excluding diaryl/α,β-unsaturated/α-hetero) is 1. The van der Waals surface area contributed by atoms with Gasteiger partial charge < -0.3 is 0 Å². The normalized spacial score (nSPS) is 9.62. The van der Waals surface area contributed by atoms with Crippen LogP contribution in [-0.2, 0) is 6.42 Å². The lowest BCUT2D eigenvalue weighted by Crippen LogP contribution is -1.97. The van der Waals surface area contributed by atoms with Gasteiger partial charge in [-0.25, -0.2) is 0 Å². The van der Waals surface area contributed by atoms with Gasteiger partial charge in [-0.1, -0.05) is 24.2 Å². The molecule has 0 aromatic heterocycles. The van der Waals surface area contributed by atoms with Gasteiger partial charge in [0.05, 0.1) is 0 Å². The molecule has 4 nitrogen and oxygen atoms in total. The summed E-state index contributed by atoms with van der Waals surface area (Å²) >= 11 is 5.64. The lowest BCUT2D eigenvalue weighted by molar-refractivity contribution is 0.0988. The van der Waals surface area contributed by atoms with Crippen LogP contribution in [0.15, 0.2) is 23.3 Å². The first-order valence-corrected chi connectivity index (χ1v) is 5.53. The predicted molar refractivity (Wildman–Crippen MR) is 64.3 cm³/mol. The van der Waals surface area contributed by atoms with E-state index >= 15 is 0 Å². The van der Waals surface area contributed by atoms with Crippen molar-refractivity contribution in [1.29, 1.82) is 0 Å². The molecule has 1 rings (SSSR count). The summed E-state index contributed by atoms with van der Waals surface area (Å²) in [4.78, 5) is 14.2. The van der Waals surface area contributed by atoms with Crippen LogP contribution in [0.2, 0.25) is 0 Å². The summed E-state index contributed by atoms with van der Waals surface area (Å²) in [5.74, 6) is 0.487. The van der Waals surface area contributed by atoms with E-state index in [4.69, 9.17) is 17.1 Å². The fraction of sp³-hybridized carbons (Fsp3) is 0.364. The average molecular weight is 238 g/mol. The Morgan fingerprint density at radius 1 is 1.56 bits per heavy atom. The van der Waals surface area contributed by atoms with E-state index in [0.29, 0.717) is 30.0 Å². The third kappa shape index (κ3) is 2.99. The van der Waals surface area contributed by atoms with Crippen LogP contribution in [-0.4, -0.2) is 11.7 Å². The first-order valence-electron chi connectivity index (χ1n) is 5.00. The van der Waals surface area contributed by atoms with E-state index in [0.717, 1.165) is 5.56 Å². The average Bonchev–Trinajstić information content (AvgIpc) is 2.31. The molecule has 0 saturated carbocycles. The molecule has 0 aliphatic rings. The molecule has 0 bridgehead atoms. The highest BCUT2D eigenvalue weighted by atomic mass is 35.5. The Kier molecular flexibility index (Phi) is 4.83. The van der Waals surface area contributed by atoms with Crippen molar-refractivity contribution < 1.29 is 4.79 Å². The number of aryl methyl sites for hydroxylation is 1. The molecule has 0 N–H and O–H groups in total. The molecule has 16 heavy (non-hydrogen) atoms. The van der Waals surface area contributed by atoms with Crippen molar-refractivity contribution in [2.45, 2.75) is 19.8 Å². The molecule has 0 spiro atoms. The molecule has 0 radical (unpaired) electrons. The standard InChI is InChI=1S/C11H12ClN3O/c1-2-11(16)9-4-3-8(5-6-12)10(7-9)14-15-13/h3-4,7H,2,5-6H2,1H3. The van der Waals surface area contributed by atoms with Gasteiger partial charge in [0.1, 0.15) is 0 Å². The zero-order valence-electron chi connectivity index (χ0n) is 8.98. The van der Waals surface area contributed by atoms with Gasteiger partial charge >= 0.3 is 0 Å². The molecule has 0 fully saturated rings. The van der Waals surface area contributed by atoms with Gasteiger partial charge in [-0.2, -0.15) is 0 Å². The summed E-state index contributed by atoms with van der Waals surface area (Å²) in [6, 6.07) is 5.15. The van der Waals surface area contributed by atoms with Crippen LogP contribution < -0.4 is 0 Å². The van der Waals surface area contributed by atoms with Crippen LogP contribution in [0.5, 0.6) is 0 Å². The van der Waals surface area contributed by atoms with Gasteiger partial charge in [-0.05, 0) is 23.6 Å². The molecular weight excluding hydrogens is 226 g/mol. The van der Waals surface area contributed by atoms with Crippen molar-refractivity contribution in [3.63, 3.8) is 0 Å². The highest BCUT2D eigenvalue weighted by Crippen LogP contribution is 2.23. The summed E-state index contributed by atoms with van der Waals surface area (Å²) in [6.07, 6.45) is 1.06. The molecule has 0 saturated heterocycles. The van der Waals surface area contributed by atoms with E-state index in [9.17, 15) is 4.79 Å². The Morgan fingerprint density at radius 2 is 2.31 bits per heavy atom. The maximum absolute atomic E-state index is 11.5. The molecule has 0 atom stereocenters. The third-order valence-electron chi connectivity index (χ3n) is 2.24. The zero-order chi connectivity index (χ0) is 12.0. The van der Waals surface area contributed by atoms with Gasteiger partial charge in [0.25, 0.3) is 0 Å². The molecular formula is C11H12ClN3O. The quantitative estimate of drug-likeness (QED) is 0.251. The zero-order valence-corrected chi connectivity index (χ0v) is 9.74. The van der Waals surface area contributed by atoms with E-state index in [1.54, 1.807) is 25.1 Å². The number of benzene rings is 1. The second-order valence-electron chi connectivity index (χ2n) is 3.25. The molecule has 0 unspecified atom stereocenters. The number of ketones is 1. The number of hydrogen-bond acceptors (Lipinski definition) is 2. The van der Waals surface area contributed by atoms with Crippen molar-refractivity contribution in [2.24, 2.45) is 5.11 Å². The van der Waals surface area contributed by atoms with E-state index in [-0.39, 0.29) is 5.78 Å². The fourth-order valence-electron chi connectivity index (χ4n) is 1.40. The van der Waals surface area contributed by atoms with Gasteiger partial charge in [0, 0.05) is 28.5 Å². The Morgan fingerprint density at radius 3 is 2.88 bits per heavy atom. The number of alkyl halides is 1. The number of halogens is 1. The van der Waals surface area contributed by atoms with Crippen molar-refractivity contribution in [3.8, 4) is 0 Å². The van der Waals surface area contributed by atoms with Gasteiger partial charge in [0.2, 0.25) is 0 Å². The van der Waals surface area contributed by atoms with Crippen LogP contribution in [0.3, 0.4) is 0 Å². The molecule has 84 valence electrons. The molecule has 0 aliphatic heterocycles. The van der Waals surface area contributed by atoms with Gasteiger partial charge in [0.15, 0.2) is 5.78 Å². The van der Waals surface area contributed by atoms with Crippen LogP contribution in [0, 0.1) is 0 Å². The van der Waals surface area contributed by atoms with Crippen LogP contribution in [0.1, 0.15) is 29.3 Å². The summed E-state index contributed by atoms with van der Waals surface area (Å²) in [7, 11) is 0. The van der Waals surface area contributed by atoms with Crippen LogP contribution in [0.25, 0.3) is 10.4 Å². The highest BCUT2D eigenvalue weighted by molar-refractivity contribution is 6.18. The molecule has 0 aliphatic carbocycles. The summed E-state index contributed by atoms with van der Waals surface area (Å²) < 4.78 is 0. The van der Waals surface area contributed by atoms with Gasteiger partial charge in [-0.15, -0.1) is 11.6 Å². The minimum atomic E-state index is 0.0341. The fourth-order valence-corrected chi connectivity index (χ4v) is 1.60. The molecule has 0 amide bonds. The maximum atomic E-state index is 11.5. The molecule has 1 aromatic rings. The van der Waals surface area contributed by atoms with Crippen molar-refractivity contribution in [2.75, 3.05) is 5.88 Å². The second kappa shape index (κ2) is 6.16. The molecule has 1 aromatic carbocycles. The number of nitrogens with zero attached hydrogens (tertiary/aromatic N) is 3. The largest absolute Gasteiger partial charge is 0.294 e. The maximum Gasteiger partial charge on any atom is 0.162 e. The summed E-state index contributed by atoms with van der Waals surface area (Å²) in [5, 5.41) is 3.57. The van der Waals surface area contributed by atoms with Crippen LogP contribution in [0.4, 0.5) is 5.69 Å². The molecule has 0 heterocycles. The first kappa shape index (κ1) is 12.6. The third-order valence-corrected chi connectivity index (χ3v) is 2.43. The Balaban J connectivity index is 3.16. The summed E-state index contributed by atoms with van der Waals surface area (Å²) in [5.41, 5.74) is 10.4. The second-order valence-corrected chi connectivity index (χ2v) is 3.63. The van der Waals surface area contributed by atoms with E-state index in [1.165, 1.54) is 0 Å². The Labute approximate surface area is 98.9 Å². The van der Waals surface area contributed by atoms with Gasteiger partial charge in [-0.3, -0.25) is 4.79 Å². The van der Waals surface area contributed by atoms with Crippen molar-refractivity contribution in [3.05, 3.63) is 39.8 Å². The minimum absolute atomic E-state index is 0.0341. The number of azide groups is 1. The van der Waals surface area contributed by atoms with E-state index in [1.807, 2.05) is 0 Å². The first-order chi connectivity index (χ1) is 7.72. The van der Waals surface area contributed by atoms with Crippen molar-refractivity contribution >= 4 is 23.1 Å². The van der Waals surface area contributed by atoms with E-state index < -0.39 is 0 Å². The Hall–Kier alpha value is -1.51. The lowest BCUT2D eigenvalue weighted by Gasteiger charge is -2.05. The topological polar surface area (TPSA) is 65.8 Å². The van der Waals surface area contributed by atoms with Crippen molar-refractivity contribution in [1.82, 2.24) is 0 Å². The Bertz CT molecular complexity index is 439. The predicted octanol–water partition coefficient (Wildman–Crippen LogP) is 4.00. The summed E-state index contributed by atoms with van der Waals surface area (Å²) in [6.45, 7) is 1.79. The molecule has 5 heteroatoms. The number of hydrogen-bond donors (Lipinski definition) is 0. The monoisotopic (exact) mass is 237 g/mol. The van der Waals surface area contributed by atoms with Crippen LogP contribution >= 0.6 is 11.6 Å². The smallest absolute Gasteiger partial charge is 0.162 e. The number of rotatable bonds is 5. The minimum Gasteiger partial charge on any atom is -0.294 e. The lowest BCUT2D eigenvalue weighted by atomic mass is 10.0. The number of carbonyl (C=O) groups excluding carboxylic acids is 1. The van der Waals surface area contributed by atoms with E-state index in [2.05, 4.69) is 10.0 Å². The highest BCUT2D eigenvalue weighted by Gasteiger charge is 2.07. The SMILES string of the molecule is CCC(=O)c1ccc(CCCl)c(N=[N+]=[N-])c1. The number of carbonyl (C=O) groups is 1.